The number of halogens is 2. The Morgan fingerprint density at radius 1 is 1.04 bits per heavy atom. The second kappa shape index (κ2) is 9.43. The fourth-order valence-electron chi connectivity index (χ4n) is 3.33. The highest BCUT2D eigenvalue weighted by molar-refractivity contribution is 8.93. The van der Waals surface area contributed by atoms with Crippen LogP contribution < -0.4 is 14.4 Å². The number of amidine groups is 1. The van der Waals surface area contributed by atoms with Gasteiger partial charge in [-0.3, -0.25) is 9.79 Å². The minimum absolute atomic E-state index is 0. The van der Waals surface area contributed by atoms with Crippen molar-refractivity contribution in [3.8, 4) is 11.5 Å². The van der Waals surface area contributed by atoms with Gasteiger partial charge < -0.3 is 14.4 Å². The van der Waals surface area contributed by atoms with Crippen LogP contribution in [0, 0.1) is 0 Å². The van der Waals surface area contributed by atoms with Gasteiger partial charge in [-0.2, -0.15) is 0 Å². The number of ether oxygens (including phenoxy) is 2. The summed E-state index contributed by atoms with van der Waals surface area (Å²) in [5.41, 5.74) is 1.53. The van der Waals surface area contributed by atoms with E-state index in [1.54, 1.807) is 24.3 Å². The first-order valence-electron chi connectivity index (χ1n) is 9.20. The molecule has 2 heterocycles. The van der Waals surface area contributed by atoms with E-state index in [0.29, 0.717) is 16.3 Å². The smallest absolute Gasteiger partial charge is 0.231 e. The van der Waals surface area contributed by atoms with Crippen molar-refractivity contribution < 1.29 is 14.3 Å². The van der Waals surface area contributed by atoms with E-state index in [0.717, 1.165) is 49.5 Å². The summed E-state index contributed by atoms with van der Waals surface area (Å²) in [5.74, 6) is 2.40. The number of nitrogens with zero attached hydrogens (tertiary/aromatic N) is 2. The van der Waals surface area contributed by atoms with Crippen LogP contribution >= 0.6 is 28.6 Å². The maximum Gasteiger partial charge on any atom is 0.231 e. The quantitative estimate of drug-likeness (QED) is 0.574. The van der Waals surface area contributed by atoms with Crippen LogP contribution in [-0.2, 0) is 0 Å². The molecule has 0 bridgehead atoms. The van der Waals surface area contributed by atoms with Crippen LogP contribution in [0.25, 0.3) is 0 Å². The van der Waals surface area contributed by atoms with Gasteiger partial charge in [0.1, 0.15) is 5.84 Å². The summed E-state index contributed by atoms with van der Waals surface area (Å²) in [4.78, 5) is 19.7. The number of hydrogen-bond acceptors (Lipinski definition) is 5. The third-order valence-electron chi connectivity index (χ3n) is 4.80. The van der Waals surface area contributed by atoms with Crippen LogP contribution in [0.1, 0.15) is 36.0 Å². The number of rotatable bonds is 4. The number of ketones is 1. The Kier molecular flexibility index (Phi) is 6.97. The Morgan fingerprint density at radius 3 is 2.64 bits per heavy atom. The molecule has 2 aliphatic heterocycles. The number of aliphatic imine (C=N–C) groups is 1. The largest absolute Gasteiger partial charge is 0.454 e. The van der Waals surface area contributed by atoms with Gasteiger partial charge in [-0.05, 0) is 49.2 Å². The lowest BCUT2D eigenvalue weighted by Crippen LogP contribution is -2.36. The van der Waals surface area contributed by atoms with E-state index in [1.807, 2.05) is 23.1 Å². The van der Waals surface area contributed by atoms with Gasteiger partial charge in [0, 0.05) is 35.3 Å². The molecule has 0 saturated carbocycles. The lowest BCUT2D eigenvalue weighted by Gasteiger charge is -2.26. The highest BCUT2D eigenvalue weighted by Crippen LogP contribution is 2.36. The predicted octanol–water partition coefficient (Wildman–Crippen LogP) is 5.31. The third-order valence-corrected chi connectivity index (χ3v) is 5.05. The van der Waals surface area contributed by atoms with Gasteiger partial charge in [0.25, 0.3) is 0 Å². The second-order valence-corrected chi connectivity index (χ2v) is 7.10. The number of carbonyl (C=O) groups excluding carboxylic acids is 1. The first-order valence-corrected chi connectivity index (χ1v) is 9.58. The average molecular weight is 466 g/mol. The molecule has 2 aromatic carbocycles. The molecule has 2 aliphatic rings. The Labute approximate surface area is 180 Å². The van der Waals surface area contributed by atoms with Crippen molar-refractivity contribution in [2.24, 2.45) is 4.99 Å². The molecule has 2 aromatic rings. The maximum atomic E-state index is 12.9. The summed E-state index contributed by atoms with van der Waals surface area (Å²) < 4.78 is 10.9. The number of hydrogen-bond donors (Lipinski definition) is 0. The number of benzene rings is 2. The van der Waals surface area contributed by atoms with Gasteiger partial charge in [-0.25, -0.2) is 0 Å². The molecule has 5 nitrogen and oxygen atoms in total. The number of anilines is 1. The van der Waals surface area contributed by atoms with E-state index in [2.05, 4.69) is 0 Å². The minimum Gasteiger partial charge on any atom is -0.454 e. The molecule has 0 N–H and O–H groups in total. The summed E-state index contributed by atoms with van der Waals surface area (Å²) in [6, 6.07) is 12.8. The monoisotopic (exact) mass is 464 g/mol. The molecule has 0 saturated heterocycles. The highest BCUT2D eigenvalue weighted by Gasteiger charge is 2.22. The lowest BCUT2D eigenvalue weighted by atomic mass is 10.1. The zero-order chi connectivity index (χ0) is 18.6. The molecule has 0 aliphatic carbocycles. The zero-order valence-corrected chi connectivity index (χ0v) is 17.9. The Morgan fingerprint density at radius 2 is 1.82 bits per heavy atom. The molecule has 4 rings (SSSR count). The van der Waals surface area contributed by atoms with Crippen LogP contribution in [0.3, 0.4) is 0 Å². The zero-order valence-electron chi connectivity index (χ0n) is 15.4. The van der Waals surface area contributed by atoms with Crippen LogP contribution in [0.2, 0.25) is 5.02 Å². The second-order valence-electron chi connectivity index (χ2n) is 6.66. The fraction of sp³-hybridized carbons (Fsp3) is 0.333. The van der Waals surface area contributed by atoms with Gasteiger partial charge in [0.2, 0.25) is 6.79 Å². The Balaban J connectivity index is 0.00000225. The van der Waals surface area contributed by atoms with Crippen molar-refractivity contribution in [1.82, 2.24) is 0 Å². The average Bonchev–Trinajstić information content (AvgIpc) is 2.99. The van der Waals surface area contributed by atoms with Crippen LogP contribution in [0.5, 0.6) is 11.5 Å². The molecule has 148 valence electrons. The van der Waals surface area contributed by atoms with Crippen molar-refractivity contribution in [2.45, 2.75) is 25.7 Å². The molecule has 0 atom stereocenters. The van der Waals surface area contributed by atoms with Crippen molar-refractivity contribution in [1.29, 1.82) is 0 Å². The van der Waals surface area contributed by atoms with E-state index < -0.39 is 0 Å². The molecule has 28 heavy (non-hydrogen) atoms. The van der Waals surface area contributed by atoms with Gasteiger partial charge in [0.15, 0.2) is 17.3 Å². The maximum absolute atomic E-state index is 12.9. The van der Waals surface area contributed by atoms with E-state index >= 15 is 0 Å². The SMILES string of the molecule is Br.O=C(CN(C1=NCCCCC1)c1ccc2c(c1)OCO2)c1ccc(Cl)cc1. The van der Waals surface area contributed by atoms with Gasteiger partial charge in [0.05, 0.1) is 6.54 Å². The number of Topliss-reactive ketones (excluding diaryl/α,β-unsaturated/α-hetero) is 1. The van der Waals surface area contributed by atoms with Crippen LogP contribution in [0.4, 0.5) is 5.69 Å². The van der Waals surface area contributed by atoms with E-state index in [-0.39, 0.29) is 36.1 Å². The fourth-order valence-corrected chi connectivity index (χ4v) is 3.46. The molecule has 0 aromatic heterocycles. The number of fused-ring (bicyclic) bond motifs is 1. The molecule has 0 unspecified atom stereocenters. The standard InChI is InChI=1S/C21H21ClN2O3.BrH/c22-16-7-5-15(6-8-16)18(25)13-24(21-4-2-1-3-11-23-21)17-9-10-19-20(12-17)27-14-26-19;/h5-10,12H,1-4,11,13-14H2;1H. The van der Waals surface area contributed by atoms with Crippen LogP contribution in [-0.4, -0.2) is 31.5 Å². The molecular weight excluding hydrogens is 444 g/mol. The highest BCUT2D eigenvalue weighted by atomic mass is 79.9. The van der Waals surface area contributed by atoms with Crippen LogP contribution in [0.15, 0.2) is 47.5 Å². The number of carbonyl (C=O) groups is 1. The molecule has 7 heteroatoms. The summed E-state index contributed by atoms with van der Waals surface area (Å²) >= 11 is 5.95. The predicted molar refractivity (Wildman–Crippen MR) is 117 cm³/mol. The normalized spacial score (nSPS) is 15.2. The topological polar surface area (TPSA) is 51.1 Å². The molecule has 0 spiro atoms. The first kappa shape index (κ1) is 20.7. The summed E-state index contributed by atoms with van der Waals surface area (Å²) in [5, 5.41) is 0.618. The molecule has 0 fully saturated rings. The van der Waals surface area contributed by atoms with Crippen molar-refractivity contribution >= 4 is 45.9 Å². The third kappa shape index (κ3) is 4.67. The molecule has 0 radical (unpaired) electrons. The van der Waals surface area contributed by atoms with E-state index in [9.17, 15) is 4.79 Å². The Bertz CT molecular complexity index is 870. The van der Waals surface area contributed by atoms with E-state index in [1.165, 1.54) is 0 Å². The van der Waals surface area contributed by atoms with Crippen molar-refractivity contribution in [3.63, 3.8) is 0 Å². The van der Waals surface area contributed by atoms with E-state index in [4.69, 9.17) is 26.1 Å². The summed E-state index contributed by atoms with van der Waals surface area (Å²) in [6.45, 7) is 1.25. The summed E-state index contributed by atoms with van der Waals surface area (Å²) in [6.07, 6.45) is 4.19. The van der Waals surface area contributed by atoms with Gasteiger partial charge in [-0.15, -0.1) is 17.0 Å². The van der Waals surface area contributed by atoms with Crippen molar-refractivity contribution in [3.05, 3.63) is 53.1 Å². The molecule has 0 amide bonds. The lowest BCUT2D eigenvalue weighted by molar-refractivity contribution is 0.100. The first-order chi connectivity index (χ1) is 13.2. The van der Waals surface area contributed by atoms with Gasteiger partial charge >= 0.3 is 0 Å². The summed E-state index contributed by atoms with van der Waals surface area (Å²) in [7, 11) is 0. The Hall–Kier alpha value is -2.05. The molecular formula is C21H22BrClN2O3. The minimum atomic E-state index is 0. The van der Waals surface area contributed by atoms with Gasteiger partial charge in [-0.1, -0.05) is 18.0 Å². The van der Waals surface area contributed by atoms with Crippen molar-refractivity contribution in [2.75, 3.05) is 24.8 Å².